The van der Waals surface area contributed by atoms with Crippen molar-refractivity contribution in [1.82, 2.24) is 4.98 Å². The number of carboxylic acid groups (broad SMARTS) is 1. The largest absolute Gasteiger partial charge is 0.481 e. The fraction of sp³-hybridized carbons (Fsp3) is 0.417. The van der Waals surface area contributed by atoms with Crippen LogP contribution >= 0.6 is 12.6 Å². The summed E-state index contributed by atoms with van der Waals surface area (Å²) < 4.78 is 0. The summed E-state index contributed by atoms with van der Waals surface area (Å²) in [5, 5.41) is 14.6. The van der Waals surface area contributed by atoms with Gasteiger partial charge in [-0.1, -0.05) is 0 Å². The number of hydrogen-bond donors (Lipinski definition) is 4. The third kappa shape index (κ3) is 5.60. The SMILES string of the molecule is CC(C)Nc1ccc(NC(=O)CCC(=O)O)c(S)n1. The van der Waals surface area contributed by atoms with E-state index in [9.17, 15) is 9.59 Å². The molecule has 0 saturated carbocycles. The highest BCUT2D eigenvalue weighted by Crippen LogP contribution is 2.20. The molecule has 0 aromatic carbocycles. The number of pyridine rings is 1. The molecule has 0 radical (unpaired) electrons. The first-order chi connectivity index (χ1) is 8.88. The quantitative estimate of drug-likeness (QED) is 0.599. The van der Waals surface area contributed by atoms with Crippen LogP contribution in [0.3, 0.4) is 0 Å². The van der Waals surface area contributed by atoms with Crippen LogP contribution in [0.5, 0.6) is 0 Å². The second-order valence-corrected chi connectivity index (χ2v) is 4.73. The topological polar surface area (TPSA) is 91.3 Å². The molecule has 7 heteroatoms. The summed E-state index contributed by atoms with van der Waals surface area (Å²) >= 11 is 4.19. The van der Waals surface area contributed by atoms with Gasteiger partial charge in [0.1, 0.15) is 10.8 Å². The molecule has 1 amide bonds. The number of aromatic nitrogens is 1. The molecule has 104 valence electrons. The number of hydrogen-bond acceptors (Lipinski definition) is 5. The molecule has 0 aliphatic carbocycles. The van der Waals surface area contributed by atoms with E-state index >= 15 is 0 Å². The van der Waals surface area contributed by atoms with Crippen LogP contribution in [-0.2, 0) is 9.59 Å². The van der Waals surface area contributed by atoms with Gasteiger partial charge in [-0.2, -0.15) is 0 Å². The summed E-state index contributed by atoms with van der Waals surface area (Å²) in [5.41, 5.74) is 0.466. The van der Waals surface area contributed by atoms with Crippen LogP contribution in [0.2, 0.25) is 0 Å². The van der Waals surface area contributed by atoms with E-state index in [1.807, 2.05) is 13.8 Å². The van der Waals surface area contributed by atoms with Crippen LogP contribution < -0.4 is 10.6 Å². The third-order valence-electron chi connectivity index (χ3n) is 2.15. The zero-order valence-corrected chi connectivity index (χ0v) is 11.7. The van der Waals surface area contributed by atoms with E-state index in [1.165, 1.54) is 0 Å². The number of nitrogens with one attached hydrogen (secondary N) is 2. The molecule has 0 fully saturated rings. The maximum atomic E-state index is 11.5. The minimum atomic E-state index is -1.00. The monoisotopic (exact) mass is 283 g/mol. The Morgan fingerprint density at radius 3 is 2.58 bits per heavy atom. The summed E-state index contributed by atoms with van der Waals surface area (Å²) in [4.78, 5) is 26.0. The van der Waals surface area contributed by atoms with E-state index in [2.05, 4.69) is 28.2 Å². The van der Waals surface area contributed by atoms with Crippen molar-refractivity contribution in [2.45, 2.75) is 37.8 Å². The lowest BCUT2D eigenvalue weighted by molar-refractivity contribution is -0.138. The molecule has 3 N–H and O–H groups in total. The highest BCUT2D eigenvalue weighted by Gasteiger charge is 2.09. The molecule has 6 nitrogen and oxygen atoms in total. The average Bonchev–Trinajstić information content (AvgIpc) is 2.29. The Hall–Kier alpha value is -1.76. The van der Waals surface area contributed by atoms with Crippen molar-refractivity contribution in [2.24, 2.45) is 0 Å². The number of carbonyl (C=O) groups is 2. The lowest BCUT2D eigenvalue weighted by Gasteiger charge is -2.12. The number of thiol groups is 1. The van der Waals surface area contributed by atoms with Crippen molar-refractivity contribution in [3.63, 3.8) is 0 Å². The van der Waals surface area contributed by atoms with Gasteiger partial charge in [0.2, 0.25) is 5.91 Å². The zero-order chi connectivity index (χ0) is 14.4. The number of amides is 1. The van der Waals surface area contributed by atoms with Crippen molar-refractivity contribution in [3.8, 4) is 0 Å². The van der Waals surface area contributed by atoms with Crippen LogP contribution in [0.25, 0.3) is 0 Å². The Balaban J connectivity index is 2.64. The molecule has 0 spiro atoms. The first-order valence-corrected chi connectivity index (χ1v) is 6.31. The highest BCUT2D eigenvalue weighted by atomic mass is 32.1. The molecule has 0 atom stereocenters. The van der Waals surface area contributed by atoms with Crippen molar-refractivity contribution in [2.75, 3.05) is 10.6 Å². The molecular formula is C12H17N3O3S. The molecular weight excluding hydrogens is 266 g/mol. The van der Waals surface area contributed by atoms with E-state index in [1.54, 1.807) is 12.1 Å². The number of anilines is 2. The Bertz CT molecular complexity index is 477. The van der Waals surface area contributed by atoms with Gasteiger partial charge in [0.05, 0.1) is 12.1 Å². The number of nitrogens with zero attached hydrogens (tertiary/aromatic N) is 1. The third-order valence-corrected chi connectivity index (χ3v) is 2.49. The summed E-state index contributed by atoms with van der Waals surface area (Å²) in [6.07, 6.45) is -0.275. The van der Waals surface area contributed by atoms with Crippen LogP contribution in [0.15, 0.2) is 17.2 Å². The second-order valence-electron chi connectivity index (χ2n) is 4.31. The van der Waals surface area contributed by atoms with Crippen molar-refractivity contribution >= 4 is 36.0 Å². The van der Waals surface area contributed by atoms with Gasteiger partial charge < -0.3 is 15.7 Å². The molecule has 0 aliphatic rings. The van der Waals surface area contributed by atoms with Crippen molar-refractivity contribution in [1.29, 1.82) is 0 Å². The molecule has 1 rings (SSSR count). The molecule has 0 aliphatic heterocycles. The van der Waals surface area contributed by atoms with Crippen LogP contribution in [0.4, 0.5) is 11.5 Å². The van der Waals surface area contributed by atoms with Gasteiger partial charge in [-0.05, 0) is 26.0 Å². The van der Waals surface area contributed by atoms with Crippen molar-refractivity contribution in [3.05, 3.63) is 12.1 Å². The number of rotatable bonds is 6. The Labute approximate surface area is 117 Å². The van der Waals surface area contributed by atoms with Crippen molar-refractivity contribution < 1.29 is 14.7 Å². The minimum absolute atomic E-state index is 0.0749. The van der Waals surface area contributed by atoms with Crippen LogP contribution in [0.1, 0.15) is 26.7 Å². The van der Waals surface area contributed by atoms with Gasteiger partial charge in [0, 0.05) is 12.5 Å². The molecule has 19 heavy (non-hydrogen) atoms. The number of carboxylic acids is 1. The summed E-state index contributed by atoms with van der Waals surface area (Å²) in [6, 6.07) is 3.65. The normalized spacial score (nSPS) is 10.3. The standard InChI is InChI=1S/C12H17N3O3S/c1-7(2)13-9-4-3-8(12(19)15-9)14-10(16)5-6-11(17)18/h3-4,7H,5-6H2,1-2H3,(H,14,16)(H,17,18)(H2,13,15,19). The van der Waals surface area contributed by atoms with E-state index in [0.29, 0.717) is 16.5 Å². The summed E-state index contributed by atoms with van der Waals surface area (Å²) in [7, 11) is 0. The molecule has 0 bridgehead atoms. The highest BCUT2D eigenvalue weighted by molar-refractivity contribution is 7.80. The predicted octanol–water partition coefficient (Wildman–Crippen LogP) is 1.99. The smallest absolute Gasteiger partial charge is 0.303 e. The Kier molecular flexibility index (Phi) is 5.62. The van der Waals surface area contributed by atoms with E-state index < -0.39 is 5.97 Å². The van der Waals surface area contributed by atoms with Gasteiger partial charge in [-0.3, -0.25) is 9.59 Å². The van der Waals surface area contributed by atoms with Gasteiger partial charge >= 0.3 is 5.97 Å². The number of carbonyl (C=O) groups excluding carboxylic acids is 1. The second kappa shape index (κ2) is 6.98. The maximum Gasteiger partial charge on any atom is 0.303 e. The molecule has 0 unspecified atom stereocenters. The van der Waals surface area contributed by atoms with Crippen LogP contribution in [-0.4, -0.2) is 28.0 Å². The fourth-order valence-corrected chi connectivity index (χ4v) is 1.59. The predicted molar refractivity (Wildman–Crippen MR) is 75.7 cm³/mol. The Morgan fingerprint density at radius 1 is 1.37 bits per heavy atom. The first kappa shape index (κ1) is 15.3. The van der Waals surface area contributed by atoms with Gasteiger partial charge in [-0.25, -0.2) is 4.98 Å². The molecule has 1 heterocycles. The zero-order valence-electron chi connectivity index (χ0n) is 10.8. The fourth-order valence-electron chi connectivity index (χ4n) is 1.36. The molecule has 1 aromatic heterocycles. The van der Waals surface area contributed by atoms with Gasteiger partial charge in [0.15, 0.2) is 0 Å². The van der Waals surface area contributed by atoms with Crippen LogP contribution in [0, 0.1) is 0 Å². The van der Waals surface area contributed by atoms with Gasteiger partial charge in [-0.15, -0.1) is 12.6 Å². The van der Waals surface area contributed by atoms with E-state index in [0.717, 1.165) is 0 Å². The lowest BCUT2D eigenvalue weighted by atomic mass is 10.3. The van der Waals surface area contributed by atoms with E-state index in [-0.39, 0.29) is 24.8 Å². The molecule has 0 saturated heterocycles. The first-order valence-electron chi connectivity index (χ1n) is 5.86. The number of aliphatic carboxylic acids is 1. The summed E-state index contributed by atoms with van der Waals surface area (Å²) in [5.74, 6) is -0.705. The Morgan fingerprint density at radius 2 is 2.05 bits per heavy atom. The van der Waals surface area contributed by atoms with E-state index in [4.69, 9.17) is 5.11 Å². The minimum Gasteiger partial charge on any atom is -0.481 e. The summed E-state index contributed by atoms with van der Waals surface area (Å²) in [6.45, 7) is 3.98. The maximum absolute atomic E-state index is 11.5. The average molecular weight is 283 g/mol. The van der Waals surface area contributed by atoms with Gasteiger partial charge in [0.25, 0.3) is 0 Å². The lowest BCUT2D eigenvalue weighted by Crippen LogP contribution is -2.15. The molecule has 1 aromatic rings.